The number of hydrogen-bond acceptors (Lipinski definition) is 5. The number of carboxylic acid groups (broad SMARTS) is 1. The Morgan fingerprint density at radius 3 is 2.43 bits per heavy atom. The zero-order valence-electron chi connectivity index (χ0n) is 8.10. The number of aliphatic carboxylic acids is 1. The fourth-order valence-corrected chi connectivity index (χ4v) is 1.15. The molecule has 0 fully saturated rings. The Morgan fingerprint density at radius 1 is 1.50 bits per heavy atom. The molecule has 0 aromatic heterocycles. The van der Waals surface area contributed by atoms with Crippen molar-refractivity contribution in [3.8, 4) is 0 Å². The maximum absolute atomic E-state index is 10.9. The van der Waals surface area contributed by atoms with Crippen LogP contribution in [0.5, 0.6) is 0 Å². The molecule has 0 heterocycles. The Balaban J connectivity index is 4.09. The summed E-state index contributed by atoms with van der Waals surface area (Å²) in [6.45, 7) is 1.23. The molecule has 0 amide bonds. The van der Waals surface area contributed by atoms with Crippen molar-refractivity contribution in [1.82, 2.24) is 0 Å². The SMILES string of the molecule is CSCCC(OC(=O)C(C)O)C(=O)O. The highest BCUT2D eigenvalue weighted by Gasteiger charge is 2.23. The number of carboxylic acids is 1. The van der Waals surface area contributed by atoms with Crippen LogP contribution in [0.25, 0.3) is 0 Å². The number of aliphatic hydroxyl groups is 1. The van der Waals surface area contributed by atoms with Gasteiger partial charge in [-0.15, -0.1) is 0 Å². The highest BCUT2D eigenvalue weighted by molar-refractivity contribution is 7.98. The molecular weight excluding hydrogens is 208 g/mol. The lowest BCUT2D eigenvalue weighted by Crippen LogP contribution is -2.31. The second-order valence-corrected chi connectivity index (χ2v) is 3.71. The minimum absolute atomic E-state index is 0.245. The highest BCUT2D eigenvalue weighted by atomic mass is 32.2. The molecule has 6 heteroatoms. The van der Waals surface area contributed by atoms with Gasteiger partial charge in [0, 0.05) is 6.42 Å². The number of carbonyl (C=O) groups excluding carboxylic acids is 1. The van der Waals surface area contributed by atoms with E-state index in [-0.39, 0.29) is 6.42 Å². The molecule has 0 aromatic carbocycles. The molecule has 0 aromatic rings. The molecule has 0 radical (unpaired) electrons. The van der Waals surface area contributed by atoms with E-state index in [1.54, 1.807) is 0 Å². The molecule has 2 N–H and O–H groups in total. The molecule has 0 bridgehead atoms. The van der Waals surface area contributed by atoms with Gasteiger partial charge < -0.3 is 14.9 Å². The summed E-state index contributed by atoms with van der Waals surface area (Å²) in [7, 11) is 0. The van der Waals surface area contributed by atoms with Crippen molar-refractivity contribution < 1.29 is 24.5 Å². The summed E-state index contributed by atoms with van der Waals surface area (Å²) in [5, 5.41) is 17.5. The lowest BCUT2D eigenvalue weighted by Gasteiger charge is -2.13. The monoisotopic (exact) mass is 222 g/mol. The number of thioether (sulfide) groups is 1. The molecule has 2 atom stereocenters. The summed E-state index contributed by atoms with van der Waals surface area (Å²) in [5.74, 6) is -1.50. The fourth-order valence-electron chi connectivity index (χ4n) is 0.696. The number of ether oxygens (including phenoxy) is 1. The third kappa shape index (κ3) is 5.08. The van der Waals surface area contributed by atoms with Crippen molar-refractivity contribution >= 4 is 23.7 Å². The van der Waals surface area contributed by atoms with E-state index in [9.17, 15) is 9.59 Å². The topological polar surface area (TPSA) is 83.8 Å². The van der Waals surface area contributed by atoms with Crippen molar-refractivity contribution in [2.24, 2.45) is 0 Å². The van der Waals surface area contributed by atoms with Gasteiger partial charge in [-0.2, -0.15) is 11.8 Å². The van der Waals surface area contributed by atoms with Crippen LogP contribution in [-0.2, 0) is 14.3 Å². The Kier molecular flexibility index (Phi) is 6.31. The minimum atomic E-state index is -1.29. The minimum Gasteiger partial charge on any atom is -0.479 e. The maximum Gasteiger partial charge on any atom is 0.345 e. The van der Waals surface area contributed by atoms with Crippen molar-refractivity contribution in [3.05, 3.63) is 0 Å². The Hall–Kier alpha value is -0.750. The fraction of sp³-hybridized carbons (Fsp3) is 0.750. The van der Waals surface area contributed by atoms with Gasteiger partial charge in [0.25, 0.3) is 0 Å². The van der Waals surface area contributed by atoms with E-state index in [1.807, 2.05) is 6.26 Å². The Morgan fingerprint density at radius 2 is 2.07 bits per heavy atom. The molecule has 0 spiro atoms. The van der Waals surface area contributed by atoms with Gasteiger partial charge in [-0.05, 0) is 18.9 Å². The molecule has 0 aliphatic heterocycles. The summed E-state index contributed by atoms with van der Waals surface area (Å²) in [6.07, 6.45) is -0.375. The van der Waals surface area contributed by atoms with Crippen LogP contribution < -0.4 is 0 Å². The predicted molar refractivity (Wildman–Crippen MR) is 52.2 cm³/mol. The van der Waals surface area contributed by atoms with Gasteiger partial charge in [-0.3, -0.25) is 0 Å². The third-order valence-corrected chi connectivity index (χ3v) is 2.10. The first kappa shape index (κ1) is 13.2. The van der Waals surface area contributed by atoms with E-state index in [4.69, 9.17) is 10.2 Å². The van der Waals surface area contributed by atoms with Gasteiger partial charge >= 0.3 is 11.9 Å². The summed E-state index contributed by atoms with van der Waals surface area (Å²) in [6, 6.07) is 0. The van der Waals surface area contributed by atoms with Crippen LogP contribution >= 0.6 is 11.8 Å². The van der Waals surface area contributed by atoms with Gasteiger partial charge in [0.1, 0.15) is 6.10 Å². The zero-order valence-corrected chi connectivity index (χ0v) is 8.91. The second-order valence-electron chi connectivity index (χ2n) is 2.72. The Bertz CT molecular complexity index is 204. The molecular formula is C8H14O5S. The molecule has 0 rings (SSSR count). The number of rotatable bonds is 6. The zero-order chi connectivity index (χ0) is 11.1. The van der Waals surface area contributed by atoms with E-state index in [1.165, 1.54) is 18.7 Å². The first-order chi connectivity index (χ1) is 6.49. The van der Waals surface area contributed by atoms with Crippen LogP contribution in [0.1, 0.15) is 13.3 Å². The average Bonchev–Trinajstić information content (AvgIpc) is 2.10. The lowest BCUT2D eigenvalue weighted by atomic mass is 10.3. The molecule has 14 heavy (non-hydrogen) atoms. The van der Waals surface area contributed by atoms with Crippen molar-refractivity contribution in [2.75, 3.05) is 12.0 Å². The van der Waals surface area contributed by atoms with Crippen LogP contribution in [0.15, 0.2) is 0 Å². The maximum atomic E-state index is 10.9. The first-order valence-corrected chi connectivity index (χ1v) is 5.48. The van der Waals surface area contributed by atoms with Gasteiger partial charge in [0.15, 0.2) is 6.10 Å². The summed E-state index contributed by atoms with van der Waals surface area (Å²) < 4.78 is 4.57. The molecule has 82 valence electrons. The van der Waals surface area contributed by atoms with Crippen LogP contribution in [0.2, 0.25) is 0 Å². The Labute approximate surface area is 86.4 Å². The molecule has 0 saturated carbocycles. The van der Waals surface area contributed by atoms with Gasteiger partial charge in [0.05, 0.1) is 0 Å². The molecule has 2 unspecified atom stereocenters. The molecule has 5 nitrogen and oxygen atoms in total. The number of aliphatic hydroxyl groups excluding tert-OH is 1. The quantitative estimate of drug-likeness (QED) is 0.621. The first-order valence-electron chi connectivity index (χ1n) is 4.09. The number of hydrogen-bond donors (Lipinski definition) is 2. The molecule has 0 aliphatic rings. The van der Waals surface area contributed by atoms with Gasteiger partial charge in [-0.1, -0.05) is 0 Å². The lowest BCUT2D eigenvalue weighted by molar-refractivity contribution is -0.169. The van der Waals surface area contributed by atoms with Crippen LogP contribution in [0.3, 0.4) is 0 Å². The third-order valence-electron chi connectivity index (χ3n) is 1.46. The molecule has 0 saturated heterocycles. The van der Waals surface area contributed by atoms with E-state index in [0.717, 1.165) is 0 Å². The number of esters is 1. The van der Waals surface area contributed by atoms with Crippen molar-refractivity contribution in [3.63, 3.8) is 0 Å². The molecule has 0 aliphatic carbocycles. The summed E-state index contributed by atoms with van der Waals surface area (Å²) >= 11 is 1.47. The predicted octanol–water partition coefficient (Wildman–Crippen LogP) is 0.117. The highest BCUT2D eigenvalue weighted by Crippen LogP contribution is 2.06. The second kappa shape index (κ2) is 6.67. The van der Waals surface area contributed by atoms with Crippen LogP contribution in [-0.4, -0.2) is 46.4 Å². The van der Waals surface area contributed by atoms with E-state index in [0.29, 0.717) is 5.75 Å². The van der Waals surface area contributed by atoms with E-state index in [2.05, 4.69) is 4.74 Å². The van der Waals surface area contributed by atoms with Gasteiger partial charge in [0.2, 0.25) is 0 Å². The average molecular weight is 222 g/mol. The van der Waals surface area contributed by atoms with Crippen LogP contribution in [0.4, 0.5) is 0 Å². The smallest absolute Gasteiger partial charge is 0.345 e. The largest absolute Gasteiger partial charge is 0.479 e. The van der Waals surface area contributed by atoms with Crippen molar-refractivity contribution in [1.29, 1.82) is 0 Å². The standard InChI is InChI=1S/C8H14O5S/c1-5(9)8(12)13-6(7(10)11)3-4-14-2/h5-6,9H,3-4H2,1-2H3,(H,10,11). The summed E-state index contributed by atoms with van der Waals surface area (Å²) in [4.78, 5) is 21.5. The van der Waals surface area contributed by atoms with E-state index >= 15 is 0 Å². The van der Waals surface area contributed by atoms with Crippen LogP contribution in [0, 0.1) is 0 Å². The summed E-state index contributed by atoms with van der Waals surface area (Å²) in [5.41, 5.74) is 0. The normalized spacial score (nSPS) is 14.5. The van der Waals surface area contributed by atoms with Crippen molar-refractivity contribution in [2.45, 2.75) is 25.6 Å². The number of carbonyl (C=O) groups is 2. The van der Waals surface area contributed by atoms with E-state index < -0.39 is 24.1 Å². The van der Waals surface area contributed by atoms with Gasteiger partial charge in [-0.25, -0.2) is 9.59 Å².